The average molecular weight is 536 g/mol. The highest BCUT2D eigenvalue weighted by atomic mass is 35.5. The van der Waals surface area contributed by atoms with Gasteiger partial charge in [0.2, 0.25) is 0 Å². The van der Waals surface area contributed by atoms with Crippen LogP contribution in [-0.4, -0.2) is 43.9 Å². The van der Waals surface area contributed by atoms with Gasteiger partial charge in [-0.05, 0) is 61.1 Å². The van der Waals surface area contributed by atoms with Crippen LogP contribution in [0.1, 0.15) is 12.8 Å². The maximum Gasteiger partial charge on any atom is 0.321 e. The Balaban J connectivity index is 1.41. The van der Waals surface area contributed by atoms with Gasteiger partial charge in [0.05, 0.1) is 15.8 Å². The molecule has 0 unspecified atom stereocenters. The van der Waals surface area contributed by atoms with Crippen molar-refractivity contribution in [3.8, 4) is 11.1 Å². The molecule has 0 spiro atoms. The van der Waals surface area contributed by atoms with E-state index in [2.05, 4.69) is 5.32 Å². The molecule has 1 fully saturated rings. The smallest absolute Gasteiger partial charge is 0.321 e. The van der Waals surface area contributed by atoms with Crippen LogP contribution in [0.5, 0.6) is 0 Å². The van der Waals surface area contributed by atoms with Gasteiger partial charge in [0.25, 0.3) is 0 Å². The van der Waals surface area contributed by atoms with E-state index in [4.69, 9.17) is 23.2 Å². The number of sulfone groups is 1. The number of hydrogen-bond acceptors (Lipinski definition) is 4. The Labute approximate surface area is 214 Å². The SMILES string of the molecule is CSc1ccccc1NC(=O)N1CCC(S(=O)(=O)c2ccc(-c3ccc(Cl)cc3Cl)cc2)CC1. The van der Waals surface area contributed by atoms with Gasteiger partial charge >= 0.3 is 6.03 Å². The number of nitrogens with zero attached hydrogens (tertiary/aromatic N) is 1. The molecule has 34 heavy (non-hydrogen) atoms. The van der Waals surface area contributed by atoms with Gasteiger partial charge in [-0.15, -0.1) is 11.8 Å². The fraction of sp³-hybridized carbons (Fsp3) is 0.240. The number of halogens is 2. The van der Waals surface area contributed by atoms with Gasteiger partial charge in [-0.25, -0.2) is 13.2 Å². The summed E-state index contributed by atoms with van der Waals surface area (Å²) in [6.45, 7) is 0.769. The van der Waals surface area contributed by atoms with E-state index in [1.54, 1.807) is 53.1 Å². The van der Waals surface area contributed by atoms with Crippen molar-refractivity contribution < 1.29 is 13.2 Å². The number of carbonyl (C=O) groups excluding carboxylic acids is 1. The molecule has 3 aromatic carbocycles. The van der Waals surface area contributed by atoms with Gasteiger partial charge < -0.3 is 10.2 Å². The molecule has 0 aliphatic carbocycles. The second-order valence-electron chi connectivity index (χ2n) is 8.01. The van der Waals surface area contributed by atoms with E-state index in [1.807, 2.05) is 36.6 Å². The summed E-state index contributed by atoms with van der Waals surface area (Å²) < 4.78 is 26.5. The molecule has 0 atom stereocenters. The zero-order valence-corrected chi connectivity index (χ0v) is 21.6. The van der Waals surface area contributed by atoms with E-state index in [0.29, 0.717) is 36.0 Å². The van der Waals surface area contributed by atoms with E-state index >= 15 is 0 Å². The van der Waals surface area contributed by atoms with Crippen molar-refractivity contribution in [2.45, 2.75) is 27.9 Å². The van der Waals surface area contributed by atoms with Crippen LogP contribution in [0.25, 0.3) is 11.1 Å². The molecule has 1 saturated heterocycles. The maximum atomic E-state index is 13.2. The molecule has 0 aromatic heterocycles. The first kappa shape index (κ1) is 24.9. The third kappa shape index (κ3) is 5.38. The summed E-state index contributed by atoms with van der Waals surface area (Å²) in [5, 5.41) is 3.47. The third-order valence-corrected chi connectivity index (χ3v) is 9.56. The molecular weight excluding hydrogens is 511 g/mol. The average Bonchev–Trinajstić information content (AvgIpc) is 2.84. The molecule has 1 N–H and O–H groups in total. The summed E-state index contributed by atoms with van der Waals surface area (Å²) in [6.07, 6.45) is 2.74. The number of benzene rings is 3. The molecule has 4 rings (SSSR count). The van der Waals surface area contributed by atoms with Crippen molar-refractivity contribution in [2.75, 3.05) is 24.7 Å². The number of rotatable bonds is 5. The number of para-hydroxylation sites is 1. The summed E-state index contributed by atoms with van der Waals surface area (Å²) in [5.41, 5.74) is 2.37. The first-order valence-corrected chi connectivity index (χ1v) is 14.3. The molecule has 1 aliphatic heterocycles. The lowest BCUT2D eigenvalue weighted by atomic mass is 10.1. The molecule has 0 saturated carbocycles. The summed E-state index contributed by atoms with van der Waals surface area (Å²) in [4.78, 5) is 15.7. The normalized spacial score (nSPS) is 14.7. The van der Waals surface area contributed by atoms with Crippen LogP contribution in [-0.2, 0) is 9.84 Å². The maximum absolute atomic E-state index is 13.2. The van der Waals surface area contributed by atoms with E-state index < -0.39 is 15.1 Å². The number of hydrogen-bond donors (Lipinski definition) is 1. The zero-order valence-electron chi connectivity index (χ0n) is 18.5. The highest BCUT2D eigenvalue weighted by Gasteiger charge is 2.33. The number of nitrogens with one attached hydrogen (secondary N) is 1. The van der Waals surface area contributed by atoms with Crippen LogP contribution in [0.2, 0.25) is 10.0 Å². The Kier molecular flexibility index (Phi) is 7.77. The van der Waals surface area contributed by atoms with E-state index in [-0.39, 0.29) is 10.9 Å². The van der Waals surface area contributed by atoms with Crippen molar-refractivity contribution in [1.29, 1.82) is 0 Å². The summed E-state index contributed by atoms with van der Waals surface area (Å²) >= 11 is 13.8. The number of carbonyl (C=O) groups is 1. The molecule has 5 nitrogen and oxygen atoms in total. The highest BCUT2D eigenvalue weighted by Crippen LogP contribution is 2.32. The lowest BCUT2D eigenvalue weighted by Gasteiger charge is -2.32. The number of amides is 2. The van der Waals surface area contributed by atoms with Crippen LogP contribution in [0, 0.1) is 0 Å². The number of urea groups is 1. The van der Waals surface area contributed by atoms with Crippen molar-refractivity contribution in [3.63, 3.8) is 0 Å². The van der Waals surface area contributed by atoms with Gasteiger partial charge in [-0.2, -0.15) is 0 Å². The highest BCUT2D eigenvalue weighted by molar-refractivity contribution is 7.98. The Morgan fingerprint density at radius 1 is 1.00 bits per heavy atom. The fourth-order valence-electron chi connectivity index (χ4n) is 4.05. The Morgan fingerprint density at radius 2 is 1.68 bits per heavy atom. The van der Waals surface area contributed by atoms with Crippen molar-refractivity contribution in [1.82, 2.24) is 4.90 Å². The minimum Gasteiger partial charge on any atom is -0.324 e. The lowest BCUT2D eigenvalue weighted by molar-refractivity contribution is 0.200. The van der Waals surface area contributed by atoms with Gasteiger partial charge in [-0.1, -0.05) is 53.5 Å². The fourth-order valence-corrected chi connectivity index (χ4v) is 6.85. The summed E-state index contributed by atoms with van der Waals surface area (Å²) in [5.74, 6) is 0. The number of piperidine rings is 1. The number of anilines is 1. The minimum atomic E-state index is -3.51. The molecule has 178 valence electrons. The number of thioether (sulfide) groups is 1. The molecule has 9 heteroatoms. The third-order valence-electron chi connectivity index (χ3n) is 5.94. The molecule has 0 radical (unpaired) electrons. The Bertz CT molecular complexity index is 1290. The molecule has 0 bridgehead atoms. The predicted octanol–water partition coefficient (Wildman–Crippen LogP) is 6.85. The van der Waals surface area contributed by atoms with Crippen molar-refractivity contribution >= 4 is 56.5 Å². The first-order chi connectivity index (χ1) is 16.3. The summed E-state index contributed by atoms with van der Waals surface area (Å²) in [7, 11) is -3.51. The van der Waals surface area contributed by atoms with Gasteiger partial charge in [0, 0.05) is 33.6 Å². The van der Waals surface area contributed by atoms with Crippen molar-refractivity contribution in [3.05, 3.63) is 76.8 Å². The Morgan fingerprint density at radius 3 is 2.32 bits per heavy atom. The van der Waals surface area contributed by atoms with Crippen LogP contribution in [0.4, 0.5) is 10.5 Å². The monoisotopic (exact) mass is 534 g/mol. The van der Waals surface area contributed by atoms with Crippen LogP contribution < -0.4 is 5.32 Å². The van der Waals surface area contributed by atoms with E-state index in [0.717, 1.165) is 21.7 Å². The number of likely N-dealkylation sites (tertiary alicyclic amines) is 1. The topological polar surface area (TPSA) is 66.5 Å². The second-order valence-corrected chi connectivity index (χ2v) is 11.9. The predicted molar refractivity (Wildman–Crippen MR) is 141 cm³/mol. The lowest BCUT2D eigenvalue weighted by Crippen LogP contribution is -2.44. The second kappa shape index (κ2) is 10.6. The van der Waals surface area contributed by atoms with Gasteiger partial charge in [0.15, 0.2) is 9.84 Å². The minimum absolute atomic E-state index is 0.207. The molecule has 1 aliphatic rings. The largest absolute Gasteiger partial charge is 0.324 e. The zero-order chi connectivity index (χ0) is 24.3. The van der Waals surface area contributed by atoms with Crippen LogP contribution >= 0.6 is 35.0 Å². The standard InChI is InChI=1S/C25H24Cl2N2O3S2/c1-33-24-5-3-2-4-23(24)28-25(30)29-14-12-20(13-15-29)34(31,32)19-9-6-17(7-10-19)21-11-8-18(26)16-22(21)27/h2-11,16,20H,12-15H2,1H3,(H,28,30). The quantitative estimate of drug-likeness (QED) is 0.363. The molecule has 2 amide bonds. The van der Waals surface area contributed by atoms with E-state index in [9.17, 15) is 13.2 Å². The Hall–Kier alpha value is -2.19. The summed E-state index contributed by atoms with van der Waals surface area (Å²) in [6, 6.07) is 19.4. The van der Waals surface area contributed by atoms with Gasteiger partial charge in [0.1, 0.15) is 0 Å². The van der Waals surface area contributed by atoms with Crippen molar-refractivity contribution in [2.24, 2.45) is 0 Å². The molecule has 1 heterocycles. The van der Waals surface area contributed by atoms with Crippen LogP contribution in [0.3, 0.4) is 0 Å². The molecule has 3 aromatic rings. The van der Waals surface area contributed by atoms with E-state index in [1.165, 1.54) is 0 Å². The first-order valence-electron chi connectivity index (χ1n) is 10.8. The molecular formula is C25H24Cl2N2O3S2. The van der Waals surface area contributed by atoms with Gasteiger partial charge in [-0.3, -0.25) is 0 Å². The van der Waals surface area contributed by atoms with Crippen LogP contribution in [0.15, 0.2) is 76.5 Å².